The first kappa shape index (κ1) is 10.4. The molecule has 1 saturated carbocycles. The Morgan fingerprint density at radius 2 is 2.00 bits per heavy atom. The van der Waals surface area contributed by atoms with Crippen LogP contribution in [0.1, 0.15) is 32.1 Å². The number of hydrogen-bond acceptors (Lipinski definition) is 3. The number of piperidine rings is 1. The van der Waals surface area contributed by atoms with E-state index < -0.39 is 5.60 Å². The SMILES string of the molecule is CN(CC1(O)CCNCC1)C1CCC1. The van der Waals surface area contributed by atoms with E-state index in [4.69, 9.17) is 0 Å². The summed E-state index contributed by atoms with van der Waals surface area (Å²) in [5.74, 6) is 0. The third-order valence-corrected chi connectivity index (χ3v) is 3.78. The maximum absolute atomic E-state index is 10.3. The summed E-state index contributed by atoms with van der Waals surface area (Å²) in [6.45, 7) is 2.80. The highest BCUT2D eigenvalue weighted by atomic mass is 16.3. The van der Waals surface area contributed by atoms with Gasteiger partial charge in [0.1, 0.15) is 0 Å². The van der Waals surface area contributed by atoms with Crippen LogP contribution in [0.5, 0.6) is 0 Å². The van der Waals surface area contributed by atoms with Crippen molar-refractivity contribution < 1.29 is 5.11 Å². The van der Waals surface area contributed by atoms with E-state index in [-0.39, 0.29) is 0 Å². The zero-order chi connectivity index (χ0) is 10.0. The molecule has 0 unspecified atom stereocenters. The Hall–Kier alpha value is -0.120. The Bertz CT molecular complexity index is 186. The van der Waals surface area contributed by atoms with E-state index in [1.807, 2.05) is 0 Å². The fourth-order valence-electron chi connectivity index (χ4n) is 2.47. The van der Waals surface area contributed by atoms with Crippen LogP contribution in [0.2, 0.25) is 0 Å². The maximum atomic E-state index is 10.3. The fourth-order valence-corrected chi connectivity index (χ4v) is 2.47. The molecule has 82 valence electrons. The molecule has 1 aliphatic carbocycles. The molecule has 1 heterocycles. The lowest BCUT2D eigenvalue weighted by molar-refractivity contribution is -0.0317. The first-order valence-electron chi connectivity index (χ1n) is 5.83. The molecule has 3 nitrogen and oxygen atoms in total. The summed E-state index contributed by atoms with van der Waals surface area (Å²) in [7, 11) is 2.16. The summed E-state index contributed by atoms with van der Waals surface area (Å²) in [5, 5.41) is 13.6. The molecule has 0 bridgehead atoms. The predicted molar refractivity (Wildman–Crippen MR) is 57.3 cm³/mol. The summed E-state index contributed by atoms with van der Waals surface area (Å²) in [6, 6.07) is 0.744. The minimum Gasteiger partial charge on any atom is -0.388 e. The molecule has 0 amide bonds. The highest BCUT2D eigenvalue weighted by molar-refractivity contribution is 4.89. The van der Waals surface area contributed by atoms with Crippen LogP contribution in [-0.2, 0) is 0 Å². The molecule has 3 heteroatoms. The maximum Gasteiger partial charge on any atom is 0.0798 e. The molecule has 2 rings (SSSR count). The van der Waals surface area contributed by atoms with Crippen molar-refractivity contribution in [3.05, 3.63) is 0 Å². The van der Waals surface area contributed by atoms with E-state index in [0.717, 1.165) is 38.5 Å². The molecule has 2 N–H and O–H groups in total. The van der Waals surface area contributed by atoms with Crippen molar-refractivity contribution in [3.63, 3.8) is 0 Å². The van der Waals surface area contributed by atoms with Crippen molar-refractivity contribution in [2.45, 2.75) is 43.7 Å². The molecule has 0 atom stereocenters. The van der Waals surface area contributed by atoms with Crippen LogP contribution < -0.4 is 5.32 Å². The number of nitrogens with one attached hydrogen (secondary N) is 1. The molecule has 2 aliphatic rings. The van der Waals surface area contributed by atoms with Gasteiger partial charge in [0.15, 0.2) is 0 Å². The van der Waals surface area contributed by atoms with Gasteiger partial charge >= 0.3 is 0 Å². The van der Waals surface area contributed by atoms with Gasteiger partial charge in [-0.15, -0.1) is 0 Å². The highest BCUT2D eigenvalue weighted by Gasteiger charge is 2.33. The molecular formula is C11H22N2O. The van der Waals surface area contributed by atoms with Gasteiger partial charge in [0.2, 0.25) is 0 Å². The molecular weight excluding hydrogens is 176 g/mol. The van der Waals surface area contributed by atoms with Gasteiger partial charge in [-0.05, 0) is 45.8 Å². The van der Waals surface area contributed by atoms with Crippen LogP contribution in [0.25, 0.3) is 0 Å². The van der Waals surface area contributed by atoms with E-state index in [9.17, 15) is 5.11 Å². The quantitative estimate of drug-likeness (QED) is 0.696. The molecule has 0 aromatic rings. The zero-order valence-electron chi connectivity index (χ0n) is 9.13. The Morgan fingerprint density at radius 1 is 1.36 bits per heavy atom. The Morgan fingerprint density at radius 3 is 2.50 bits per heavy atom. The second-order valence-corrected chi connectivity index (χ2v) is 4.97. The van der Waals surface area contributed by atoms with Gasteiger partial charge in [0.25, 0.3) is 0 Å². The van der Waals surface area contributed by atoms with Crippen molar-refractivity contribution in [2.24, 2.45) is 0 Å². The van der Waals surface area contributed by atoms with Crippen LogP contribution >= 0.6 is 0 Å². The van der Waals surface area contributed by atoms with E-state index >= 15 is 0 Å². The van der Waals surface area contributed by atoms with Crippen molar-refractivity contribution in [3.8, 4) is 0 Å². The van der Waals surface area contributed by atoms with Gasteiger partial charge in [-0.2, -0.15) is 0 Å². The molecule has 0 radical (unpaired) electrons. The van der Waals surface area contributed by atoms with Gasteiger partial charge in [0, 0.05) is 12.6 Å². The summed E-state index contributed by atoms with van der Waals surface area (Å²) in [5.41, 5.74) is -0.421. The topological polar surface area (TPSA) is 35.5 Å². The van der Waals surface area contributed by atoms with Crippen molar-refractivity contribution in [1.82, 2.24) is 10.2 Å². The van der Waals surface area contributed by atoms with Gasteiger partial charge < -0.3 is 15.3 Å². The lowest BCUT2D eigenvalue weighted by atomic mass is 9.87. The van der Waals surface area contributed by atoms with Crippen LogP contribution in [0.15, 0.2) is 0 Å². The van der Waals surface area contributed by atoms with Gasteiger partial charge in [-0.3, -0.25) is 0 Å². The molecule has 2 fully saturated rings. The third kappa shape index (κ3) is 2.27. The Balaban J connectivity index is 1.81. The number of aliphatic hydroxyl groups is 1. The number of likely N-dealkylation sites (N-methyl/N-ethyl adjacent to an activating group) is 1. The average molecular weight is 198 g/mol. The average Bonchev–Trinajstić information content (AvgIpc) is 2.00. The van der Waals surface area contributed by atoms with Crippen molar-refractivity contribution >= 4 is 0 Å². The minimum atomic E-state index is -0.421. The summed E-state index contributed by atoms with van der Waals surface area (Å²) in [4.78, 5) is 2.36. The van der Waals surface area contributed by atoms with E-state index in [2.05, 4.69) is 17.3 Å². The second kappa shape index (κ2) is 4.17. The predicted octanol–water partition coefficient (Wildman–Crippen LogP) is 0.585. The van der Waals surface area contributed by atoms with Crippen LogP contribution in [0.4, 0.5) is 0 Å². The number of nitrogens with zero attached hydrogens (tertiary/aromatic N) is 1. The Kier molecular flexibility index (Phi) is 3.10. The number of rotatable bonds is 3. The number of hydrogen-bond donors (Lipinski definition) is 2. The monoisotopic (exact) mass is 198 g/mol. The first-order chi connectivity index (χ1) is 6.70. The second-order valence-electron chi connectivity index (χ2n) is 4.97. The lowest BCUT2D eigenvalue weighted by Crippen LogP contribution is -2.52. The van der Waals surface area contributed by atoms with Gasteiger partial charge in [-0.1, -0.05) is 6.42 Å². The molecule has 1 saturated heterocycles. The molecule has 0 aromatic heterocycles. The minimum absolute atomic E-state index is 0.421. The largest absolute Gasteiger partial charge is 0.388 e. The molecule has 1 aliphatic heterocycles. The smallest absolute Gasteiger partial charge is 0.0798 e. The summed E-state index contributed by atoms with van der Waals surface area (Å²) >= 11 is 0. The molecule has 0 spiro atoms. The first-order valence-corrected chi connectivity index (χ1v) is 5.83. The molecule has 14 heavy (non-hydrogen) atoms. The van der Waals surface area contributed by atoms with Gasteiger partial charge in [0.05, 0.1) is 5.60 Å². The van der Waals surface area contributed by atoms with E-state index in [1.54, 1.807) is 0 Å². The normalized spacial score (nSPS) is 27.6. The van der Waals surface area contributed by atoms with Crippen molar-refractivity contribution in [1.29, 1.82) is 0 Å². The highest BCUT2D eigenvalue weighted by Crippen LogP contribution is 2.27. The standard InChI is InChI=1S/C11H22N2O/c1-13(10-3-2-4-10)9-11(14)5-7-12-8-6-11/h10,12,14H,2-9H2,1H3. The summed E-state index contributed by atoms with van der Waals surface area (Å²) in [6.07, 6.45) is 5.83. The molecule has 0 aromatic carbocycles. The van der Waals surface area contributed by atoms with Crippen LogP contribution in [-0.4, -0.2) is 48.3 Å². The van der Waals surface area contributed by atoms with Crippen LogP contribution in [0, 0.1) is 0 Å². The zero-order valence-corrected chi connectivity index (χ0v) is 9.13. The Labute approximate surface area is 86.5 Å². The van der Waals surface area contributed by atoms with Gasteiger partial charge in [-0.25, -0.2) is 0 Å². The lowest BCUT2D eigenvalue weighted by Gasteiger charge is -2.41. The third-order valence-electron chi connectivity index (χ3n) is 3.78. The van der Waals surface area contributed by atoms with Crippen molar-refractivity contribution in [2.75, 3.05) is 26.7 Å². The fraction of sp³-hybridized carbons (Fsp3) is 1.00. The summed E-state index contributed by atoms with van der Waals surface area (Å²) < 4.78 is 0. The van der Waals surface area contributed by atoms with Crippen LogP contribution in [0.3, 0.4) is 0 Å². The van der Waals surface area contributed by atoms with E-state index in [0.29, 0.717) is 0 Å². The van der Waals surface area contributed by atoms with E-state index in [1.165, 1.54) is 19.3 Å².